The average Bonchev–Trinajstić information content (AvgIpc) is 2.66. The highest BCUT2D eigenvalue weighted by molar-refractivity contribution is 7.90. The molecule has 0 spiro atoms. The van der Waals surface area contributed by atoms with Crippen molar-refractivity contribution >= 4 is 33.6 Å². The molecule has 2 heterocycles. The van der Waals surface area contributed by atoms with Crippen molar-refractivity contribution in [3.8, 4) is 0 Å². The zero-order valence-electron chi connectivity index (χ0n) is 12.6. The van der Waals surface area contributed by atoms with Gasteiger partial charge in [-0.2, -0.15) is 0 Å². The summed E-state index contributed by atoms with van der Waals surface area (Å²) in [5.74, 6) is -3.79. The lowest BCUT2D eigenvalue weighted by atomic mass is 10.2. The predicted octanol–water partition coefficient (Wildman–Crippen LogP) is 0.251. The highest BCUT2D eigenvalue weighted by Gasteiger charge is 2.39. The molecule has 126 valence electrons. The predicted molar refractivity (Wildman–Crippen MR) is 79.1 cm³/mol. The fraction of sp³-hybridized carbons (Fsp3) is 0.214. The van der Waals surface area contributed by atoms with Crippen LogP contribution in [-0.4, -0.2) is 32.1 Å². The minimum atomic E-state index is -3.90. The molecule has 3 rings (SSSR count). The van der Waals surface area contributed by atoms with Crippen molar-refractivity contribution in [1.82, 2.24) is 4.72 Å². The Kier molecular flexibility index (Phi) is 3.37. The molecule has 24 heavy (non-hydrogen) atoms. The van der Waals surface area contributed by atoms with E-state index in [9.17, 15) is 22.8 Å². The van der Waals surface area contributed by atoms with Gasteiger partial charge in [0.1, 0.15) is 4.90 Å². The molecular formula is C14H12N2O7S. The number of amides is 1. The van der Waals surface area contributed by atoms with Crippen LogP contribution in [0.3, 0.4) is 0 Å². The van der Waals surface area contributed by atoms with Crippen LogP contribution in [0.5, 0.6) is 0 Å². The minimum absolute atomic E-state index is 0.0199. The van der Waals surface area contributed by atoms with E-state index >= 15 is 0 Å². The van der Waals surface area contributed by atoms with Crippen LogP contribution in [0.25, 0.3) is 0 Å². The smallest absolute Gasteiger partial charge is 0.350 e. The van der Waals surface area contributed by atoms with Gasteiger partial charge in [-0.25, -0.2) is 22.7 Å². The number of hydrogen-bond donors (Lipinski definition) is 2. The Morgan fingerprint density at radius 1 is 1.12 bits per heavy atom. The van der Waals surface area contributed by atoms with Crippen molar-refractivity contribution in [1.29, 1.82) is 0 Å². The van der Waals surface area contributed by atoms with E-state index in [2.05, 4.69) is 5.32 Å². The highest BCUT2D eigenvalue weighted by Crippen LogP contribution is 2.26. The Morgan fingerprint density at radius 2 is 1.75 bits per heavy atom. The van der Waals surface area contributed by atoms with E-state index in [0.29, 0.717) is 0 Å². The Morgan fingerprint density at radius 3 is 2.38 bits per heavy atom. The molecule has 2 aliphatic rings. The molecule has 10 heteroatoms. The number of cyclic esters (lactones) is 2. The van der Waals surface area contributed by atoms with Gasteiger partial charge in [0.2, 0.25) is 0 Å². The Balaban J connectivity index is 1.87. The van der Waals surface area contributed by atoms with Gasteiger partial charge in [-0.3, -0.25) is 4.79 Å². The van der Waals surface area contributed by atoms with Crippen LogP contribution in [-0.2, 0) is 29.1 Å². The van der Waals surface area contributed by atoms with Crippen molar-refractivity contribution < 1.29 is 32.3 Å². The molecule has 2 aliphatic heterocycles. The van der Waals surface area contributed by atoms with E-state index in [1.54, 1.807) is 0 Å². The molecule has 0 bridgehead atoms. The van der Waals surface area contributed by atoms with Gasteiger partial charge >= 0.3 is 11.9 Å². The number of ether oxygens (including phenoxy) is 2. The van der Waals surface area contributed by atoms with Crippen molar-refractivity contribution in [2.75, 3.05) is 5.32 Å². The Hall–Kier alpha value is -2.88. The van der Waals surface area contributed by atoms with E-state index in [1.807, 2.05) is 4.72 Å². The number of hydrogen-bond acceptors (Lipinski definition) is 8. The lowest BCUT2D eigenvalue weighted by molar-refractivity contribution is -0.222. The van der Waals surface area contributed by atoms with Crippen LogP contribution in [0.2, 0.25) is 0 Å². The number of nitrogens with one attached hydrogen (secondary N) is 2. The summed E-state index contributed by atoms with van der Waals surface area (Å²) >= 11 is 0. The molecule has 1 aromatic rings. The number of anilines is 1. The Bertz CT molecular complexity index is 893. The van der Waals surface area contributed by atoms with Crippen molar-refractivity contribution in [2.45, 2.75) is 24.5 Å². The molecule has 0 unspecified atom stereocenters. The molecule has 1 fully saturated rings. The monoisotopic (exact) mass is 352 g/mol. The van der Waals surface area contributed by atoms with Gasteiger partial charge in [0.25, 0.3) is 21.7 Å². The van der Waals surface area contributed by atoms with Crippen LogP contribution < -0.4 is 10.0 Å². The van der Waals surface area contributed by atoms with Gasteiger partial charge in [-0.05, 0) is 18.2 Å². The molecule has 9 nitrogen and oxygen atoms in total. The third-order valence-corrected chi connectivity index (χ3v) is 4.61. The van der Waals surface area contributed by atoms with E-state index in [4.69, 9.17) is 9.47 Å². The summed E-state index contributed by atoms with van der Waals surface area (Å²) in [6.07, 6.45) is 1.05. The standard InChI is InChI=1S/C14H12N2O7S/c1-14(2)22-12(18)9(13(19)23-14)6-15-7-3-4-8-10(5-7)24(20,21)16-11(8)17/h3-6,15H,1-2H3,(H,16,17). The van der Waals surface area contributed by atoms with Gasteiger partial charge in [0, 0.05) is 25.7 Å². The van der Waals surface area contributed by atoms with Gasteiger partial charge in [-0.15, -0.1) is 0 Å². The van der Waals surface area contributed by atoms with Crippen LogP contribution in [0.15, 0.2) is 34.9 Å². The van der Waals surface area contributed by atoms with Gasteiger partial charge in [-0.1, -0.05) is 0 Å². The molecule has 0 atom stereocenters. The molecule has 0 aliphatic carbocycles. The number of fused-ring (bicyclic) bond motifs is 1. The maximum absolute atomic E-state index is 11.8. The highest BCUT2D eigenvalue weighted by atomic mass is 32.2. The fourth-order valence-electron chi connectivity index (χ4n) is 2.19. The summed E-state index contributed by atoms with van der Waals surface area (Å²) in [5.41, 5.74) is -0.0925. The first-order valence-electron chi connectivity index (χ1n) is 6.74. The first kappa shape index (κ1) is 16.0. The topological polar surface area (TPSA) is 128 Å². The SMILES string of the molecule is CC1(C)OC(=O)C(=CNc2ccc3c(c2)S(=O)(=O)NC3=O)C(=O)O1. The largest absolute Gasteiger partial charge is 0.419 e. The third kappa shape index (κ3) is 2.71. The lowest BCUT2D eigenvalue weighted by Gasteiger charge is -2.29. The second-order valence-electron chi connectivity index (χ2n) is 5.53. The summed E-state index contributed by atoms with van der Waals surface area (Å²) in [4.78, 5) is 34.9. The van der Waals surface area contributed by atoms with Crippen LogP contribution in [0, 0.1) is 0 Å². The van der Waals surface area contributed by atoms with Crippen molar-refractivity contribution in [2.24, 2.45) is 0 Å². The van der Waals surface area contributed by atoms with Crippen LogP contribution in [0.1, 0.15) is 24.2 Å². The van der Waals surface area contributed by atoms with Crippen molar-refractivity contribution in [3.05, 3.63) is 35.5 Å². The fourth-order valence-corrected chi connectivity index (χ4v) is 3.38. The third-order valence-electron chi connectivity index (χ3n) is 3.24. The first-order valence-corrected chi connectivity index (χ1v) is 8.22. The molecule has 2 N–H and O–H groups in total. The van der Waals surface area contributed by atoms with E-state index < -0.39 is 33.7 Å². The summed E-state index contributed by atoms with van der Waals surface area (Å²) in [7, 11) is -3.90. The van der Waals surface area contributed by atoms with Gasteiger partial charge < -0.3 is 14.8 Å². The zero-order chi connectivity index (χ0) is 17.7. The van der Waals surface area contributed by atoms with Gasteiger partial charge in [0.15, 0.2) is 5.57 Å². The molecule has 0 saturated carbocycles. The average molecular weight is 352 g/mol. The minimum Gasteiger partial charge on any atom is -0.419 e. The lowest BCUT2D eigenvalue weighted by Crippen LogP contribution is -2.42. The quantitative estimate of drug-likeness (QED) is 0.440. The second kappa shape index (κ2) is 5.06. The number of rotatable bonds is 2. The number of benzene rings is 1. The number of esters is 2. The van der Waals surface area contributed by atoms with Gasteiger partial charge in [0.05, 0.1) is 5.56 Å². The summed E-state index contributed by atoms with van der Waals surface area (Å²) < 4.78 is 35.3. The molecular weight excluding hydrogens is 340 g/mol. The number of carbonyl (C=O) groups excluding carboxylic acids is 3. The normalized spacial score (nSPS) is 20.6. The molecule has 0 aromatic heterocycles. The second-order valence-corrected chi connectivity index (χ2v) is 7.18. The summed E-state index contributed by atoms with van der Waals surface area (Å²) in [5, 5.41) is 2.62. The molecule has 1 amide bonds. The maximum atomic E-state index is 11.8. The molecule has 1 aromatic carbocycles. The summed E-state index contributed by atoms with van der Waals surface area (Å²) in [6, 6.07) is 3.96. The zero-order valence-corrected chi connectivity index (χ0v) is 13.4. The van der Waals surface area contributed by atoms with E-state index in [-0.39, 0.29) is 21.7 Å². The Labute approximate surface area is 136 Å². The van der Waals surface area contributed by atoms with Crippen molar-refractivity contribution in [3.63, 3.8) is 0 Å². The van der Waals surface area contributed by atoms with Crippen LogP contribution in [0.4, 0.5) is 5.69 Å². The summed E-state index contributed by atoms with van der Waals surface area (Å²) in [6.45, 7) is 2.84. The number of sulfonamides is 1. The van der Waals surface area contributed by atoms with Crippen LogP contribution >= 0.6 is 0 Å². The molecule has 0 radical (unpaired) electrons. The maximum Gasteiger partial charge on any atom is 0.350 e. The van der Waals surface area contributed by atoms with E-state index in [0.717, 1.165) is 6.20 Å². The number of carbonyl (C=O) groups is 3. The van der Waals surface area contributed by atoms with E-state index in [1.165, 1.54) is 32.0 Å². The molecule has 1 saturated heterocycles. The first-order chi connectivity index (χ1) is 11.1.